The van der Waals surface area contributed by atoms with Crippen LogP contribution in [-0.2, 0) is 7.05 Å². The number of ether oxygens (including phenoxy) is 2. The van der Waals surface area contributed by atoms with E-state index in [-0.39, 0.29) is 36.7 Å². The van der Waals surface area contributed by atoms with Gasteiger partial charge < -0.3 is 33.5 Å². The summed E-state index contributed by atoms with van der Waals surface area (Å²) in [5.41, 5.74) is 3.85. The van der Waals surface area contributed by atoms with E-state index >= 15 is 0 Å². The standard InChI is InChI=1S/C15H13N3O3.HI/c1-18-6-2-3-12(9-18)15(19)17-16-8-11-4-5-13-14(7-11)21-10-20-13;/h2-9H,10H2,1H3;1H. The zero-order valence-electron chi connectivity index (χ0n) is 11.8. The van der Waals surface area contributed by atoms with Crippen LogP contribution in [0.15, 0.2) is 47.8 Å². The molecule has 2 heterocycles. The summed E-state index contributed by atoms with van der Waals surface area (Å²) in [6.45, 7) is 0.234. The van der Waals surface area contributed by atoms with Gasteiger partial charge in [0.05, 0.1) is 6.21 Å². The van der Waals surface area contributed by atoms with Gasteiger partial charge in [-0.25, -0.2) is 9.99 Å². The van der Waals surface area contributed by atoms with Crippen LogP contribution in [0.2, 0.25) is 0 Å². The molecule has 0 aliphatic carbocycles. The SMILES string of the molecule is C[n+]1cccc(C(=O)NN=Cc2ccc3c(c2)OCO3)c1.[I-]. The van der Waals surface area contributed by atoms with Gasteiger partial charge in [0.15, 0.2) is 23.9 Å². The number of benzene rings is 1. The molecule has 1 aliphatic rings. The van der Waals surface area contributed by atoms with E-state index in [1.54, 1.807) is 35.2 Å². The van der Waals surface area contributed by atoms with Crippen LogP contribution < -0.4 is 43.4 Å². The molecule has 0 spiro atoms. The molecule has 1 amide bonds. The van der Waals surface area contributed by atoms with Gasteiger partial charge in [0.1, 0.15) is 12.6 Å². The predicted octanol–water partition coefficient (Wildman–Crippen LogP) is -1.99. The van der Waals surface area contributed by atoms with Crippen LogP contribution in [0.5, 0.6) is 11.5 Å². The van der Waals surface area contributed by atoms with Crippen molar-refractivity contribution in [2.75, 3.05) is 6.79 Å². The monoisotopic (exact) mass is 411 g/mol. The first-order valence-corrected chi connectivity index (χ1v) is 6.41. The lowest BCUT2D eigenvalue weighted by Gasteiger charge is -1.99. The quantitative estimate of drug-likeness (QED) is 0.275. The normalized spacial score (nSPS) is 12.0. The van der Waals surface area contributed by atoms with Crippen LogP contribution in [0, 0.1) is 0 Å². The lowest BCUT2D eigenvalue weighted by molar-refractivity contribution is -0.671. The number of carbonyl (C=O) groups excluding carboxylic acids is 1. The highest BCUT2D eigenvalue weighted by Gasteiger charge is 2.12. The number of hydrogen-bond acceptors (Lipinski definition) is 4. The van der Waals surface area contributed by atoms with Gasteiger partial charge >= 0.3 is 0 Å². The first kappa shape index (κ1) is 16.2. The Balaban J connectivity index is 0.00000176. The van der Waals surface area contributed by atoms with Crippen molar-refractivity contribution in [2.24, 2.45) is 12.1 Å². The maximum atomic E-state index is 11.9. The molecule has 114 valence electrons. The molecule has 2 aromatic rings. The Morgan fingerprint density at radius 3 is 2.95 bits per heavy atom. The largest absolute Gasteiger partial charge is 1.00 e. The fourth-order valence-corrected chi connectivity index (χ4v) is 1.95. The third kappa shape index (κ3) is 3.73. The molecule has 0 fully saturated rings. The summed E-state index contributed by atoms with van der Waals surface area (Å²) in [5.74, 6) is 1.14. The summed E-state index contributed by atoms with van der Waals surface area (Å²) in [6, 6.07) is 8.98. The van der Waals surface area contributed by atoms with Crippen molar-refractivity contribution < 1.29 is 42.8 Å². The van der Waals surface area contributed by atoms with Gasteiger partial charge in [0, 0.05) is 6.07 Å². The van der Waals surface area contributed by atoms with E-state index in [0.717, 1.165) is 5.56 Å². The fourth-order valence-electron chi connectivity index (χ4n) is 1.95. The van der Waals surface area contributed by atoms with Crippen LogP contribution in [0.3, 0.4) is 0 Å². The summed E-state index contributed by atoms with van der Waals surface area (Å²) >= 11 is 0. The lowest BCUT2D eigenvalue weighted by Crippen LogP contribution is -3.00. The van der Waals surface area contributed by atoms with E-state index in [0.29, 0.717) is 17.1 Å². The van der Waals surface area contributed by atoms with Gasteiger partial charge in [0.25, 0.3) is 5.91 Å². The van der Waals surface area contributed by atoms with Crippen LogP contribution in [0.4, 0.5) is 0 Å². The van der Waals surface area contributed by atoms with E-state index in [2.05, 4.69) is 10.5 Å². The molecule has 0 saturated carbocycles. The molecule has 22 heavy (non-hydrogen) atoms. The average molecular weight is 411 g/mol. The Bertz CT molecular complexity index is 719. The second-order valence-electron chi connectivity index (χ2n) is 4.57. The lowest BCUT2D eigenvalue weighted by atomic mass is 10.2. The second kappa shape index (κ2) is 7.21. The Hall–Kier alpha value is -2.16. The highest BCUT2D eigenvalue weighted by molar-refractivity contribution is 5.94. The van der Waals surface area contributed by atoms with Gasteiger partial charge in [-0.1, -0.05) is 0 Å². The second-order valence-corrected chi connectivity index (χ2v) is 4.57. The summed E-state index contributed by atoms with van der Waals surface area (Å²) in [7, 11) is 1.85. The maximum Gasteiger partial charge on any atom is 0.277 e. The topological polar surface area (TPSA) is 63.8 Å². The Morgan fingerprint density at radius 2 is 2.14 bits per heavy atom. The molecule has 1 aromatic heterocycles. The molecule has 1 aliphatic heterocycles. The molecule has 3 rings (SSSR count). The number of hydrogen-bond donors (Lipinski definition) is 1. The maximum absolute atomic E-state index is 11.9. The van der Waals surface area contributed by atoms with Gasteiger partial charge in [0.2, 0.25) is 6.79 Å². The zero-order chi connectivity index (χ0) is 14.7. The van der Waals surface area contributed by atoms with Crippen LogP contribution in [0.25, 0.3) is 0 Å². The summed E-state index contributed by atoms with van der Waals surface area (Å²) in [6.07, 6.45) is 5.14. The number of nitrogens with zero attached hydrogens (tertiary/aromatic N) is 2. The number of aryl methyl sites for hydroxylation is 1. The van der Waals surface area contributed by atoms with E-state index in [9.17, 15) is 4.79 Å². The van der Waals surface area contributed by atoms with Gasteiger partial charge in [-0.3, -0.25) is 4.79 Å². The summed E-state index contributed by atoms with van der Waals surface area (Å²) < 4.78 is 12.3. The number of rotatable bonds is 3. The molecule has 0 bridgehead atoms. The fraction of sp³-hybridized carbons (Fsp3) is 0.133. The van der Waals surface area contributed by atoms with Crippen LogP contribution >= 0.6 is 0 Å². The molecule has 0 atom stereocenters. The third-order valence-corrected chi connectivity index (χ3v) is 2.98. The highest BCUT2D eigenvalue weighted by Crippen LogP contribution is 2.31. The van der Waals surface area contributed by atoms with Crippen LogP contribution in [0.1, 0.15) is 15.9 Å². The van der Waals surface area contributed by atoms with Crippen molar-refractivity contribution in [1.29, 1.82) is 0 Å². The minimum absolute atomic E-state index is 0. The molecule has 6 nitrogen and oxygen atoms in total. The average Bonchev–Trinajstić information content (AvgIpc) is 2.94. The molecule has 7 heteroatoms. The molecule has 0 radical (unpaired) electrons. The zero-order valence-corrected chi connectivity index (χ0v) is 14.0. The van der Waals surface area contributed by atoms with Gasteiger partial charge in [-0.05, 0) is 29.8 Å². The van der Waals surface area contributed by atoms with Crippen molar-refractivity contribution in [2.45, 2.75) is 0 Å². The molecule has 0 saturated heterocycles. The van der Waals surface area contributed by atoms with Crippen molar-refractivity contribution in [3.05, 3.63) is 53.9 Å². The Morgan fingerprint density at radius 1 is 1.32 bits per heavy atom. The van der Waals surface area contributed by atoms with E-state index in [1.165, 1.54) is 0 Å². The smallest absolute Gasteiger partial charge is 0.277 e. The first-order valence-electron chi connectivity index (χ1n) is 6.41. The molecule has 0 unspecified atom stereocenters. The number of amides is 1. The minimum Gasteiger partial charge on any atom is -1.00 e. The first-order chi connectivity index (χ1) is 10.2. The third-order valence-electron chi connectivity index (χ3n) is 2.98. The molecular formula is C15H14IN3O3. The number of pyridine rings is 1. The summed E-state index contributed by atoms with van der Waals surface area (Å²) in [4.78, 5) is 11.9. The van der Waals surface area contributed by atoms with Crippen molar-refractivity contribution >= 4 is 12.1 Å². The van der Waals surface area contributed by atoms with E-state index < -0.39 is 0 Å². The number of aromatic nitrogens is 1. The van der Waals surface area contributed by atoms with Gasteiger partial charge in [-0.2, -0.15) is 5.10 Å². The highest BCUT2D eigenvalue weighted by atomic mass is 127. The predicted molar refractivity (Wildman–Crippen MR) is 75.2 cm³/mol. The van der Waals surface area contributed by atoms with Gasteiger partial charge in [-0.15, -0.1) is 0 Å². The number of fused-ring (bicyclic) bond motifs is 1. The van der Waals surface area contributed by atoms with Crippen LogP contribution in [-0.4, -0.2) is 18.9 Å². The Labute approximate surface area is 144 Å². The molecule has 1 aromatic carbocycles. The summed E-state index contributed by atoms with van der Waals surface area (Å²) in [5, 5.41) is 3.94. The number of carbonyl (C=O) groups is 1. The number of nitrogens with one attached hydrogen (secondary N) is 1. The van der Waals surface area contributed by atoms with Crippen molar-refractivity contribution in [3.63, 3.8) is 0 Å². The number of hydrazone groups is 1. The van der Waals surface area contributed by atoms with Crippen molar-refractivity contribution in [3.8, 4) is 11.5 Å². The van der Waals surface area contributed by atoms with E-state index in [1.807, 2.05) is 25.4 Å². The Kier molecular flexibility index (Phi) is 5.31. The van der Waals surface area contributed by atoms with E-state index in [4.69, 9.17) is 9.47 Å². The molecule has 1 N–H and O–H groups in total. The minimum atomic E-state index is -0.261. The van der Waals surface area contributed by atoms with Crippen molar-refractivity contribution in [1.82, 2.24) is 5.43 Å². The molecular weight excluding hydrogens is 397 g/mol. The number of halogens is 1.